The lowest BCUT2D eigenvalue weighted by molar-refractivity contribution is 0.122. The molecule has 30 heavy (non-hydrogen) atoms. The number of fused-ring (bicyclic) bond motifs is 2. The summed E-state index contributed by atoms with van der Waals surface area (Å²) >= 11 is 1.77. The predicted octanol–water partition coefficient (Wildman–Crippen LogP) is 4.39. The highest BCUT2D eigenvalue weighted by Gasteiger charge is 2.24. The second kappa shape index (κ2) is 7.56. The van der Waals surface area contributed by atoms with Crippen molar-refractivity contribution in [2.45, 2.75) is 18.8 Å². The Morgan fingerprint density at radius 3 is 2.73 bits per heavy atom. The van der Waals surface area contributed by atoms with Gasteiger partial charge in [-0.2, -0.15) is 0 Å². The number of aromatic nitrogens is 3. The summed E-state index contributed by atoms with van der Waals surface area (Å²) in [5.41, 5.74) is 3.70. The van der Waals surface area contributed by atoms with Gasteiger partial charge in [-0.05, 0) is 30.4 Å². The predicted molar refractivity (Wildman–Crippen MR) is 123 cm³/mol. The summed E-state index contributed by atoms with van der Waals surface area (Å²) in [6, 6.07) is 10.8. The van der Waals surface area contributed by atoms with Crippen molar-refractivity contribution in [1.82, 2.24) is 15.0 Å². The molecule has 0 aliphatic carbocycles. The molecule has 1 N–H and O–H groups in total. The molecular formula is C23H25N5OS. The minimum Gasteiger partial charge on any atom is -0.378 e. The Kier molecular flexibility index (Phi) is 4.57. The lowest BCUT2D eigenvalue weighted by Crippen LogP contribution is -2.36. The number of hydrogen-bond donors (Lipinski definition) is 1. The Labute approximate surface area is 179 Å². The van der Waals surface area contributed by atoms with Gasteiger partial charge in [-0.1, -0.05) is 29.5 Å². The number of nitrogens with one attached hydrogen (secondary N) is 1. The zero-order valence-electron chi connectivity index (χ0n) is 16.9. The number of morpholine rings is 1. The molecule has 6 nitrogen and oxygen atoms in total. The van der Waals surface area contributed by atoms with E-state index in [0.717, 1.165) is 68.7 Å². The topological polar surface area (TPSA) is 57.3 Å². The first-order chi connectivity index (χ1) is 14.8. The van der Waals surface area contributed by atoms with Crippen molar-refractivity contribution in [2.24, 2.45) is 0 Å². The van der Waals surface area contributed by atoms with Crippen molar-refractivity contribution in [3.63, 3.8) is 0 Å². The molecule has 0 unspecified atom stereocenters. The Hall–Kier alpha value is -2.64. The quantitative estimate of drug-likeness (QED) is 0.534. The van der Waals surface area contributed by atoms with Crippen LogP contribution in [0.1, 0.15) is 24.3 Å². The lowest BCUT2D eigenvalue weighted by atomic mass is 9.89. The number of piperidine rings is 1. The van der Waals surface area contributed by atoms with Gasteiger partial charge in [0.25, 0.3) is 0 Å². The minimum atomic E-state index is 0.609. The summed E-state index contributed by atoms with van der Waals surface area (Å²) in [5, 5.41) is 2.46. The molecule has 5 heterocycles. The van der Waals surface area contributed by atoms with Gasteiger partial charge in [-0.15, -0.1) is 0 Å². The number of thiazole rings is 1. The maximum absolute atomic E-state index is 5.47. The SMILES string of the molecule is c1ccc2c(C3CCN(c4cc5sc(N6CCOCC6)nc5cn4)CC3)c[nH]c2c1. The summed E-state index contributed by atoms with van der Waals surface area (Å²) in [6.45, 7) is 5.48. The van der Waals surface area contributed by atoms with Crippen molar-refractivity contribution in [3.05, 3.63) is 48.3 Å². The molecule has 6 rings (SSSR count). The van der Waals surface area contributed by atoms with E-state index in [1.54, 1.807) is 11.3 Å². The molecule has 2 aliphatic heterocycles. The van der Waals surface area contributed by atoms with Gasteiger partial charge in [0.15, 0.2) is 5.13 Å². The Morgan fingerprint density at radius 1 is 1.03 bits per heavy atom. The van der Waals surface area contributed by atoms with Crippen LogP contribution in [-0.4, -0.2) is 54.3 Å². The monoisotopic (exact) mass is 419 g/mol. The molecule has 0 amide bonds. The molecule has 1 aromatic carbocycles. The molecule has 0 spiro atoms. The summed E-state index contributed by atoms with van der Waals surface area (Å²) < 4.78 is 6.69. The second-order valence-electron chi connectivity index (χ2n) is 8.16. The van der Waals surface area contributed by atoms with Gasteiger partial charge in [0.2, 0.25) is 0 Å². The molecule has 2 saturated heterocycles. The largest absolute Gasteiger partial charge is 0.378 e. The van der Waals surface area contributed by atoms with Gasteiger partial charge >= 0.3 is 0 Å². The smallest absolute Gasteiger partial charge is 0.186 e. The van der Waals surface area contributed by atoms with E-state index < -0.39 is 0 Å². The number of para-hydroxylation sites is 1. The third-order valence-corrected chi connectivity index (χ3v) is 7.49. The summed E-state index contributed by atoms with van der Waals surface area (Å²) in [6.07, 6.45) is 6.46. The van der Waals surface area contributed by atoms with E-state index in [2.05, 4.69) is 51.3 Å². The highest BCUT2D eigenvalue weighted by Crippen LogP contribution is 2.36. The lowest BCUT2D eigenvalue weighted by Gasteiger charge is -2.32. The zero-order valence-corrected chi connectivity index (χ0v) is 17.7. The highest BCUT2D eigenvalue weighted by molar-refractivity contribution is 7.22. The molecule has 0 radical (unpaired) electrons. The van der Waals surface area contributed by atoms with Crippen LogP contribution in [-0.2, 0) is 4.74 Å². The molecule has 2 fully saturated rings. The molecule has 2 aliphatic rings. The molecular weight excluding hydrogens is 394 g/mol. The molecule has 0 saturated carbocycles. The van der Waals surface area contributed by atoms with E-state index in [9.17, 15) is 0 Å². The average Bonchev–Trinajstić information content (AvgIpc) is 3.44. The normalized spacial score (nSPS) is 18.5. The van der Waals surface area contributed by atoms with Crippen LogP contribution in [0.15, 0.2) is 42.7 Å². The summed E-state index contributed by atoms with van der Waals surface area (Å²) in [7, 11) is 0. The number of rotatable bonds is 3. The van der Waals surface area contributed by atoms with E-state index in [0.29, 0.717) is 5.92 Å². The Morgan fingerprint density at radius 2 is 1.87 bits per heavy atom. The number of aromatic amines is 1. The first-order valence-electron chi connectivity index (χ1n) is 10.8. The van der Waals surface area contributed by atoms with E-state index in [1.165, 1.54) is 21.2 Å². The van der Waals surface area contributed by atoms with Crippen molar-refractivity contribution < 1.29 is 4.74 Å². The molecule has 3 aromatic heterocycles. The van der Waals surface area contributed by atoms with Gasteiger partial charge < -0.3 is 19.5 Å². The molecule has 0 atom stereocenters. The second-order valence-corrected chi connectivity index (χ2v) is 9.17. The minimum absolute atomic E-state index is 0.609. The summed E-state index contributed by atoms with van der Waals surface area (Å²) in [4.78, 5) is 17.7. The van der Waals surface area contributed by atoms with Crippen LogP contribution in [0.4, 0.5) is 10.9 Å². The number of nitrogens with zero attached hydrogens (tertiary/aromatic N) is 4. The number of ether oxygens (including phenoxy) is 1. The number of H-pyrrole nitrogens is 1. The van der Waals surface area contributed by atoms with Crippen LogP contribution in [0.5, 0.6) is 0 Å². The fraction of sp³-hybridized carbons (Fsp3) is 0.391. The van der Waals surface area contributed by atoms with Crippen molar-refractivity contribution in [2.75, 3.05) is 49.2 Å². The number of hydrogen-bond acceptors (Lipinski definition) is 6. The molecule has 0 bridgehead atoms. The van der Waals surface area contributed by atoms with E-state index in [4.69, 9.17) is 14.7 Å². The summed E-state index contributed by atoms with van der Waals surface area (Å²) in [5.74, 6) is 1.69. The molecule has 4 aromatic rings. The van der Waals surface area contributed by atoms with Crippen molar-refractivity contribution in [1.29, 1.82) is 0 Å². The first kappa shape index (κ1) is 18.2. The highest BCUT2D eigenvalue weighted by atomic mass is 32.1. The molecule has 154 valence electrons. The van der Waals surface area contributed by atoms with Crippen LogP contribution in [0.2, 0.25) is 0 Å². The van der Waals surface area contributed by atoms with Crippen molar-refractivity contribution >= 4 is 43.4 Å². The number of benzene rings is 1. The van der Waals surface area contributed by atoms with Crippen LogP contribution < -0.4 is 9.80 Å². The van der Waals surface area contributed by atoms with Gasteiger partial charge in [-0.3, -0.25) is 0 Å². The van der Waals surface area contributed by atoms with Crippen LogP contribution >= 0.6 is 11.3 Å². The standard InChI is InChI=1S/C23H25N5OS/c1-2-4-19-17(3-1)18(14-24-19)16-5-7-27(8-6-16)22-13-21-20(15-25-22)26-23(30-21)28-9-11-29-12-10-28/h1-4,13-16,24H,5-12H2. The maximum Gasteiger partial charge on any atom is 0.186 e. The number of pyridine rings is 1. The molecule has 7 heteroatoms. The number of anilines is 2. The van der Waals surface area contributed by atoms with E-state index in [-0.39, 0.29) is 0 Å². The Balaban J connectivity index is 1.19. The zero-order chi connectivity index (χ0) is 19.9. The van der Waals surface area contributed by atoms with Gasteiger partial charge in [-0.25, -0.2) is 9.97 Å². The van der Waals surface area contributed by atoms with Crippen LogP contribution in [0.3, 0.4) is 0 Å². The van der Waals surface area contributed by atoms with Gasteiger partial charge in [0.05, 0.1) is 24.1 Å². The van der Waals surface area contributed by atoms with Crippen molar-refractivity contribution in [3.8, 4) is 0 Å². The van der Waals surface area contributed by atoms with Gasteiger partial charge in [0.1, 0.15) is 11.3 Å². The Bertz CT molecular complexity index is 1170. The third-order valence-electron chi connectivity index (χ3n) is 6.41. The maximum atomic E-state index is 5.47. The van der Waals surface area contributed by atoms with E-state index in [1.807, 2.05) is 6.20 Å². The van der Waals surface area contributed by atoms with Crippen LogP contribution in [0.25, 0.3) is 21.1 Å². The van der Waals surface area contributed by atoms with Gasteiger partial charge in [0, 0.05) is 49.3 Å². The first-order valence-corrected chi connectivity index (χ1v) is 11.6. The fourth-order valence-electron chi connectivity index (χ4n) is 4.72. The average molecular weight is 420 g/mol. The third kappa shape index (κ3) is 3.22. The van der Waals surface area contributed by atoms with E-state index >= 15 is 0 Å². The van der Waals surface area contributed by atoms with Crippen LogP contribution in [0, 0.1) is 0 Å². The fourth-order valence-corrected chi connectivity index (χ4v) is 5.74.